The Bertz CT molecular complexity index is 1030. The molecule has 0 aromatic carbocycles. The maximum Gasteiger partial charge on any atom is 0.289 e. The fourth-order valence-corrected chi connectivity index (χ4v) is 8.57. The number of amides is 1. The van der Waals surface area contributed by atoms with Crippen LogP contribution in [0, 0.1) is 28.6 Å². The van der Waals surface area contributed by atoms with Crippen LogP contribution in [0.3, 0.4) is 0 Å². The summed E-state index contributed by atoms with van der Waals surface area (Å²) in [6, 6.07) is 3.26. The predicted molar refractivity (Wildman–Crippen MR) is 134 cm³/mol. The minimum Gasteiger partial charge on any atom is -0.459 e. The van der Waals surface area contributed by atoms with E-state index in [0.717, 1.165) is 31.3 Å². The molecule has 3 fully saturated rings. The fraction of sp³-hybridized carbons (Fsp3) is 0.724. The third kappa shape index (κ3) is 3.64. The number of aliphatic hydroxyl groups excluding tert-OH is 1. The molecule has 198 valence electrons. The predicted octanol–water partition coefficient (Wildman–Crippen LogP) is 3.99. The molecule has 36 heavy (non-hydrogen) atoms. The lowest BCUT2D eigenvalue weighted by Crippen LogP contribution is -2.60. The highest BCUT2D eigenvalue weighted by atomic mass is 16.5. The van der Waals surface area contributed by atoms with E-state index < -0.39 is 17.1 Å². The van der Waals surface area contributed by atoms with Crippen LogP contribution in [0.4, 0.5) is 0 Å². The van der Waals surface area contributed by atoms with E-state index in [4.69, 9.17) is 9.15 Å². The van der Waals surface area contributed by atoms with Crippen molar-refractivity contribution in [2.24, 2.45) is 28.6 Å². The van der Waals surface area contributed by atoms with E-state index in [1.807, 2.05) is 4.90 Å². The third-order valence-electron chi connectivity index (χ3n) is 10.7. The molecule has 8 atom stereocenters. The molecular weight excluding hydrogens is 458 g/mol. The first-order valence-electron chi connectivity index (χ1n) is 13.6. The number of allylic oxidation sites excluding steroid dienone is 1. The zero-order valence-corrected chi connectivity index (χ0v) is 22.0. The molecule has 4 aliphatic rings. The second kappa shape index (κ2) is 9.10. The highest BCUT2D eigenvalue weighted by Gasteiger charge is 2.66. The van der Waals surface area contributed by atoms with Gasteiger partial charge in [0.2, 0.25) is 0 Å². The first kappa shape index (κ1) is 25.7. The van der Waals surface area contributed by atoms with E-state index in [9.17, 15) is 19.8 Å². The Balaban J connectivity index is 1.47. The standard InChI is InChI=1S/C29H41NO6/c1-18(30(13-15-35-4)26(33)25-6-5-14-36-25)20-9-12-29(34)22-17-24(32)23-16-19(31)7-10-27(23,2)21(22)8-11-28(20,29)3/h5-6,14,17-21,23,31,34H,7-13,15-16H2,1-4H3/t18?,19?,20?,21?,23?,27?,28-,29-/m1/s1. The van der Waals surface area contributed by atoms with Gasteiger partial charge in [0, 0.05) is 31.0 Å². The molecule has 0 spiro atoms. The number of hydrogen-bond acceptors (Lipinski definition) is 6. The molecule has 1 aromatic heterocycles. The van der Waals surface area contributed by atoms with E-state index in [-0.39, 0.29) is 40.9 Å². The average Bonchev–Trinajstić information content (AvgIpc) is 3.47. The quantitative estimate of drug-likeness (QED) is 0.614. The number of aliphatic hydroxyl groups is 2. The number of hydrogen-bond donors (Lipinski definition) is 2. The van der Waals surface area contributed by atoms with E-state index in [1.54, 1.807) is 25.3 Å². The highest BCUT2D eigenvalue weighted by molar-refractivity contribution is 5.95. The number of methoxy groups -OCH3 is 1. The average molecular weight is 500 g/mol. The number of ether oxygens (including phenoxy) is 1. The number of ketones is 1. The molecule has 6 unspecified atom stereocenters. The maximum absolute atomic E-state index is 13.4. The van der Waals surface area contributed by atoms with Crippen molar-refractivity contribution in [3.8, 4) is 0 Å². The Kier molecular flexibility index (Phi) is 6.49. The van der Waals surface area contributed by atoms with Crippen LogP contribution in [0.1, 0.15) is 76.3 Å². The van der Waals surface area contributed by atoms with Crippen LogP contribution in [0.25, 0.3) is 0 Å². The van der Waals surface area contributed by atoms with Gasteiger partial charge < -0.3 is 24.3 Å². The fourth-order valence-electron chi connectivity index (χ4n) is 8.57. The summed E-state index contributed by atoms with van der Waals surface area (Å²) in [4.78, 5) is 28.6. The molecule has 0 radical (unpaired) electrons. The zero-order chi connectivity index (χ0) is 25.9. The van der Waals surface area contributed by atoms with Crippen molar-refractivity contribution < 1.29 is 29.0 Å². The summed E-state index contributed by atoms with van der Waals surface area (Å²) in [7, 11) is 1.63. The Morgan fingerprint density at radius 3 is 2.69 bits per heavy atom. The first-order chi connectivity index (χ1) is 17.1. The van der Waals surface area contributed by atoms with Gasteiger partial charge in [0.15, 0.2) is 11.5 Å². The molecule has 7 nitrogen and oxygen atoms in total. The van der Waals surface area contributed by atoms with Crippen molar-refractivity contribution in [3.05, 3.63) is 35.8 Å². The molecule has 7 heteroatoms. The normalized spacial score (nSPS) is 40.6. The summed E-state index contributed by atoms with van der Waals surface area (Å²) in [6.45, 7) is 7.29. The number of carbonyl (C=O) groups is 2. The van der Waals surface area contributed by atoms with Crippen molar-refractivity contribution in [1.29, 1.82) is 0 Å². The smallest absolute Gasteiger partial charge is 0.289 e. The highest BCUT2D eigenvalue weighted by Crippen LogP contribution is 2.67. The van der Waals surface area contributed by atoms with E-state index in [0.29, 0.717) is 38.2 Å². The molecule has 0 bridgehead atoms. The summed E-state index contributed by atoms with van der Waals surface area (Å²) in [5, 5.41) is 22.7. The van der Waals surface area contributed by atoms with Crippen molar-refractivity contribution >= 4 is 11.7 Å². The minimum absolute atomic E-state index is 0.0615. The van der Waals surface area contributed by atoms with Gasteiger partial charge in [-0.05, 0) is 92.9 Å². The van der Waals surface area contributed by atoms with Crippen LogP contribution in [0.15, 0.2) is 34.5 Å². The molecule has 3 saturated carbocycles. The Hall–Kier alpha value is -1.96. The summed E-state index contributed by atoms with van der Waals surface area (Å²) in [5.74, 6) is 0.239. The van der Waals surface area contributed by atoms with Crippen molar-refractivity contribution in [1.82, 2.24) is 4.90 Å². The lowest BCUT2D eigenvalue weighted by Gasteiger charge is -2.60. The van der Waals surface area contributed by atoms with Gasteiger partial charge in [-0.1, -0.05) is 13.8 Å². The van der Waals surface area contributed by atoms with Crippen molar-refractivity contribution in [3.63, 3.8) is 0 Å². The largest absolute Gasteiger partial charge is 0.459 e. The monoisotopic (exact) mass is 499 g/mol. The van der Waals surface area contributed by atoms with Gasteiger partial charge in [-0.25, -0.2) is 0 Å². The number of nitrogens with zero attached hydrogens (tertiary/aromatic N) is 1. The first-order valence-corrected chi connectivity index (χ1v) is 13.6. The van der Waals surface area contributed by atoms with Gasteiger partial charge in [0.05, 0.1) is 24.6 Å². The second-order valence-corrected chi connectivity index (χ2v) is 12.2. The zero-order valence-electron chi connectivity index (χ0n) is 22.0. The summed E-state index contributed by atoms with van der Waals surface area (Å²) >= 11 is 0. The van der Waals surface area contributed by atoms with Gasteiger partial charge in [-0.2, -0.15) is 0 Å². The van der Waals surface area contributed by atoms with Gasteiger partial charge in [-0.3, -0.25) is 9.59 Å². The molecule has 0 saturated heterocycles. The Morgan fingerprint density at radius 2 is 2.00 bits per heavy atom. The van der Waals surface area contributed by atoms with E-state index in [2.05, 4.69) is 20.8 Å². The Labute approximate surface area is 213 Å². The van der Waals surface area contributed by atoms with Crippen LogP contribution >= 0.6 is 0 Å². The SMILES string of the molecule is COCCN(C(=O)c1ccco1)C(C)C1CC[C@@]2(O)C3=CC(=O)C4CC(O)CCC4(C)C3CC[C@]12C. The molecule has 2 N–H and O–H groups in total. The van der Waals surface area contributed by atoms with E-state index in [1.165, 1.54) is 6.26 Å². The number of rotatable bonds is 6. The lowest BCUT2D eigenvalue weighted by molar-refractivity contribution is -0.141. The van der Waals surface area contributed by atoms with Crippen LogP contribution in [0.5, 0.6) is 0 Å². The number of furan rings is 1. The van der Waals surface area contributed by atoms with Crippen LogP contribution in [0.2, 0.25) is 0 Å². The van der Waals surface area contributed by atoms with Crippen LogP contribution in [-0.2, 0) is 9.53 Å². The molecule has 4 aliphatic carbocycles. The molecule has 1 aromatic rings. The Morgan fingerprint density at radius 1 is 1.22 bits per heavy atom. The minimum atomic E-state index is -1.07. The van der Waals surface area contributed by atoms with Gasteiger partial charge in [0.1, 0.15) is 0 Å². The molecule has 5 rings (SSSR count). The number of carbonyl (C=O) groups excluding carboxylic acids is 2. The van der Waals surface area contributed by atoms with Crippen molar-refractivity contribution in [2.75, 3.05) is 20.3 Å². The molecular formula is C29H41NO6. The maximum atomic E-state index is 13.4. The van der Waals surface area contributed by atoms with Crippen LogP contribution in [-0.4, -0.2) is 64.8 Å². The van der Waals surface area contributed by atoms with Gasteiger partial charge >= 0.3 is 0 Å². The second-order valence-electron chi connectivity index (χ2n) is 12.2. The third-order valence-corrected chi connectivity index (χ3v) is 10.7. The topological polar surface area (TPSA) is 100 Å². The summed E-state index contributed by atoms with van der Waals surface area (Å²) < 4.78 is 10.7. The summed E-state index contributed by atoms with van der Waals surface area (Å²) in [5.41, 5.74) is -0.844. The van der Waals surface area contributed by atoms with E-state index >= 15 is 0 Å². The van der Waals surface area contributed by atoms with Crippen molar-refractivity contribution in [2.45, 2.75) is 83.5 Å². The van der Waals surface area contributed by atoms with Crippen LogP contribution < -0.4 is 0 Å². The summed E-state index contributed by atoms with van der Waals surface area (Å²) in [6.07, 6.45) is 8.00. The number of fused-ring (bicyclic) bond motifs is 5. The van der Waals surface area contributed by atoms with Gasteiger partial charge in [0.25, 0.3) is 5.91 Å². The molecule has 0 aliphatic heterocycles. The molecule has 1 amide bonds. The van der Waals surface area contributed by atoms with Gasteiger partial charge in [-0.15, -0.1) is 0 Å². The molecule has 1 heterocycles. The lowest BCUT2D eigenvalue weighted by atomic mass is 9.46.